The van der Waals surface area contributed by atoms with Crippen molar-refractivity contribution in [2.24, 2.45) is 115 Å². The van der Waals surface area contributed by atoms with E-state index in [0.717, 1.165) is 157 Å². The molecular formula is C78H132N4O2. The molecule has 84 heavy (non-hydrogen) atoms. The van der Waals surface area contributed by atoms with Crippen LogP contribution >= 0.6 is 0 Å². The third-order valence-electron chi connectivity index (χ3n) is 27.9. The first-order valence-electron chi connectivity index (χ1n) is 36.2. The van der Waals surface area contributed by atoms with Crippen LogP contribution in [-0.2, 0) is 22.3 Å². The zero-order chi connectivity index (χ0) is 60.6. The maximum atomic E-state index is 6.74. The molecule has 0 heterocycles. The molecular weight excluding hydrogens is 1020 g/mol. The molecule has 0 saturated heterocycles. The molecule has 2 aromatic carbocycles. The Morgan fingerprint density at radius 2 is 0.726 bits per heavy atom. The van der Waals surface area contributed by atoms with Crippen LogP contribution < -0.4 is 22.9 Å². The highest BCUT2D eigenvalue weighted by molar-refractivity contribution is 5.55. The number of aryl methyl sites for hydroxylation is 2. The average Bonchev–Trinajstić information content (AvgIpc) is 1.40. The SMILES string of the molecule is CC(C)CCC[C@@H](C)[C@H]1CC[C@H]2[C@@H]3CCC4C(C)(C)C(OCCCCc5cc(N)cc(N)c5)CC[C@]4(C)[C@H]3CC[C@]12C.CC(C)CCC[C@@H](C)[C@H]1CC[C@H]2[C@@H]3CCC4C(C)(C)C(OCCCCc5cc(N)cc(N)c5)CC[C@]4(C)[C@H]3CC[C@]12C. The molecule has 6 nitrogen and oxygen atoms in total. The van der Waals surface area contributed by atoms with Crippen molar-refractivity contribution < 1.29 is 9.47 Å². The van der Waals surface area contributed by atoms with Gasteiger partial charge in [-0.15, -0.1) is 0 Å². The van der Waals surface area contributed by atoms with Crippen LogP contribution in [0.5, 0.6) is 0 Å². The number of hydrogen-bond acceptors (Lipinski definition) is 6. The minimum Gasteiger partial charge on any atom is -0.399 e. The molecule has 8 aliphatic rings. The van der Waals surface area contributed by atoms with Gasteiger partial charge >= 0.3 is 0 Å². The van der Waals surface area contributed by atoms with Crippen molar-refractivity contribution in [1.82, 2.24) is 0 Å². The molecule has 0 aromatic heterocycles. The second-order valence-electron chi connectivity index (χ2n) is 34.5. The zero-order valence-corrected chi connectivity index (χ0v) is 57.0. The van der Waals surface area contributed by atoms with Gasteiger partial charge in [0, 0.05) is 36.0 Å². The minimum atomic E-state index is 0.254. The van der Waals surface area contributed by atoms with Crippen molar-refractivity contribution >= 4 is 22.7 Å². The molecule has 0 spiro atoms. The fourth-order valence-electron chi connectivity index (χ4n) is 23.9. The summed E-state index contributed by atoms with van der Waals surface area (Å²) >= 11 is 0. The molecule has 0 radical (unpaired) electrons. The van der Waals surface area contributed by atoms with E-state index in [1.807, 2.05) is 12.1 Å². The lowest BCUT2D eigenvalue weighted by atomic mass is 9.41. The van der Waals surface area contributed by atoms with E-state index >= 15 is 0 Å². The van der Waals surface area contributed by atoms with Crippen molar-refractivity contribution in [1.29, 1.82) is 0 Å². The van der Waals surface area contributed by atoms with E-state index in [0.29, 0.717) is 33.9 Å². The van der Waals surface area contributed by atoms with Crippen LogP contribution in [0.4, 0.5) is 22.7 Å². The Hall–Kier alpha value is -2.44. The summed E-state index contributed by atoms with van der Waals surface area (Å²) in [6, 6.07) is 11.9. The van der Waals surface area contributed by atoms with Gasteiger partial charge in [0.15, 0.2) is 0 Å². The maximum Gasteiger partial charge on any atom is 0.0629 e. The third-order valence-corrected chi connectivity index (χ3v) is 27.9. The molecule has 2 aromatic rings. The normalized spacial score (nSPS) is 38.1. The van der Waals surface area contributed by atoms with E-state index in [1.165, 1.54) is 152 Å². The van der Waals surface area contributed by atoms with E-state index in [1.54, 1.807) is 0 Å². The molecule has 4 unspecified atom stereocenters. The van der Waals surface area contributed by atoms with E-state index in [9.17, 15) is 0 Å². The summed E-state index contributed by atoms with van der Waals surface area (Å²) in [6.45, 7) is 37.7. The van der Waals surface area contributed by atoms with Gasteiger partial charge in [0.2, 0.25) is 0 Å². The Kier molecular flexibility index (Phi) is 21.2. The van der Waals surface area contributed by atoms with Gasteiger partial charge in [-0.25, -0.2) is 0 Å². The van der Waals surface area contributed by atoms with Crippen LogP contribution in [0.3, 0.4) is 0 Å². The number of fused-ring (bicyclic) bond motifs is 10. The fourth-order valence-corrected chi connectivity index (χ4v) is 23.9. The van der Waals surface area contributed by atoms with Gasteiger partial charge < -0.3 is 32.4 Å². The standard InChI is InChI=1S/2C39H66N2O/c2*1-26(2)11-10-12-27(3)32-15-16-33-31-14-17-35-37(4,5)36(19-21-39(35,7)34(31)18-20-38(32,33)6)42-22-9-8-13-28-23-29(40)25-30(41)24-28/h2*23-27,31-36H,8-22,40-41H2,1-7H3/t2*27-,31+,32-,33+,34+,35?,36?,38-,39-/m11/s1. The predicted octanol–water partition coefficient (Wildman–Crippen LogP) is 20.6. The topological polar surface area (TPSA) is 123 Å². The highest BCUT2D eigenvalue weighted by Crippen LogP contribution is 2.72. The van der Waals surface area contributed by atoms with Crippen molar-refractivity contribution in [3.63, 3.8) is 0 Å². The maximum absolute atomic E-state index is 6.74. The van der Waals surface area contributed by atoms with Crippen molar-refractivity contribution in [2.75, 3.05) is 36.1 Å². The second kappa shape index (κ2) is 26.9. The quantitative estimate of drug-likeness (QED) is 0.0688. The lowest BCUT2D eigenvalue weighted by Crippen LogP contribution is -2.59. The zero-order valence-electron chi connectivity index (χ0n) is 57.0. The van der Waals surface area contributed by atoms with E-state index in [4.69, 9.17) is 32.4 Å². The molecule has 0 amide bonds. The van der Waals surface area contributed by atoms with E-state index < -0.39 is 0 Å². The summed E-state index contributed by atoms with van der Waals surface area (Å²) < 4.78 is 13.5. The Labute approximate surface area is 517 Å². The third kappa shape index (κ3) is 13.7. The summed E-state index contributed by atoms with van der Waals surface area (Å²) in [7, 11) is 0. The molecule has 10 rings (SSSR count). The van der Waals surface area contributed by atoms with Crippen molar-refractivity contribution in [3.05, 3.63) is 47.5 Å². The van der Waals surface area contributed by atoms with Crippen LogP contribution in [0, 0.1) is 115 Å². The Balaban J connectivity index is 0.000000202. The van der Waals surface area contributed by atoms with Gasteiger partial charge in [-0.2, -0.15) is 0 Å². The van der Waals surface area contributed by atoms with Gasteiger partial charge in [-0.3, -0.25) is 0 Å². The Morgan fingerprint density at radius 3 is 1.08 bits per heavy atom. The Morgan fingerprint density at radius 1 is 0.381 bits per heavy atom. The molecule has 6 heteroatoms. The highest BCUT2D eigenvalue weighted by Gasteiger charge is 2.65. The fraction of sp³-hybridized carbons (Fsp3) is 0.846. The Bertz CT molecular complexity index is 2220. The summed E-state index contributed by atoms with van der Waals surface area (Å²) in [5, 5.41) is 0. The van der Waals surface area contributed by atoms with Crippen LogP contribution in [0.2, 0.25) is 0 Å². The predicted molar refractivity (Wildman–Crippen MR) is 360 cm³/mol. The van der Waals surface area contributed by atoms with Crippen LogP contribution in [0.1, 0.15) is 275 Å². The number of hydrogen-bond donors (Lipinski definition) is 4. The second-order valence-corrected chi connectivity index (χ2v) is 34.5. The first kappa shape index (κ1) is 66.0. The van der Waals surface area contributed by atoms with E-state index in [2.05, 4.69) is 121 Å². The summed E-state index contributed by atoms with van der Waals surface area (Å²) in [5.74, 6) is 12.7. The van der Waals surface area contributed by atoms with Crippen LogP contribution in [-0.4, -0.2) is 25.4 Å². The van der Waals surface area contributed by atoms with Gasteiger partial charge in [-0.1, -0.05) is 135 Å². The monoisotopic (exact) mass is 1160 g/mol. The number of nitrogen functional groups attached to an aromatic ring is 4. The van der Waals surface area contributed by atoms with E-state index in [-0.39, 0.29) is 10.8 Å². The van der Waals surface area contributed by atoms with Crippen LogP contribution in [0.25, 0.3) is 0 Å². The molecule has 8 saturated carbocycles. The smallest absolute Gasteiger partial charge is 0.0629 e. The van der Waals surface area contributed by atoms with Gasteiger partial charge in [0.05, 0.1) is 12.2 Å². The molecule has 0 bridgehead atoms. The number of rotatable bonds is 22. The number of ether oxygens (including phenoxy) is 2. The molecule has 8 fully saturated rings. The molecule has 476 valence electrons. The average molecular weight is 1160 g/mol. The lowest BCUT2D eigenvalue weighted by molar-refractivity contribution is -0.191. The highest BCUT2D eigenvalue weighted by atomic mass is 16.5. The van der Waals surface area contributed by atoms with Crippen LogP contribution in [0.15, 0.2) is 36.4 Å². The van der Waals surface area contributed by atoms with Gasteiger partial charge in [0.1, 0.15) is 0 Å². The number of benzene rings is 2. The largest absolute Gasteiger partial charge is 0.399 e. The summed E-state index contributed by atoms with van der Waals surface area (Å²) in [5.41, 5.74) is 32.2. The van der Waals surface area contributed by atoms with Crippen molar-refractivity contribution in [2.45, 2.75) is 289 Å². The first-order chi connectivity index (χ1) is 39.7. The summed E-state index contributed by atoms with van der Waals surface area (Å²) in [4.78, 5) is 0. The van der Waals surface area contributed by atoms with Gasteiger partial charge in [0.25, 0.3) is 0 Å². The van der Waals surface area contributed by atoms with Crippen molar-refractivity contribution in [3.8, 4) is 0 Å². The molecule has 0 aliphatic heterocycles. The number of nitrogens with two attached hydrogens (primary N) is 4. The van der Waals surface area contributed by atoms with Gasteiger partial charge in [-0.05, 0) is 304 Å². The lowest BCUT2D eigenvalue weighted by Gasteiger charge is -2.65. The summed E-state index contributed by atoms with van der Waals surface area (Å²) in [6.07, 6.45) is 38.8. The molecule has 18 atom stereocenters. The molecule has 8 aliphatic carbocycles. The minimum absolute atomic E-state index is 0.254. The first-order valence-corrected chi connectivity index (χ1v) is 36.2. The molecule has 8 N–H and O–H groups in total. The number of anilines is 4. The number of unbranched alkanes of at least 4 members (excludes halogenated alkanes) is 2.